The zero-order chi connectivity index (χ0) is 25.0. The van der Waals surface area contributed by atoms with Crippen LogP contribution in [0.5, 0.6) is 0 Å². The molecule has 0 unspecified atom stereocenters. The fraction of sp³-hybridized carbons (Fsp3) is 0.481. The number of benzene rings is 2. The van der Waals surface area contributed by atoms with E-state index >= 15 is 0 Å². The average molecular weight is 472 g/mol. The second-order valence-corrected chi connectivity index (χ2v) is 9.34. The molecule has 0 radical (unpaired) electrons. The normalized spacial score (nSPS) is 14.0. The van der Waals surface area contributed by atoms with Crippen molar-refractivity contribution < 1.29 is 28.9 Å². The Bertz CT molecular complexity index is 866. The highest BCUT2D eigenvalue weighted by atomic mass is 16.6. The van der Waals surface area contributed by atoms with Crippen LogP contribution in [0, 0.1) is 11.8 Å². The van der Waals surface area contributed by atoms with Crippen molar-refractivity contribution in [1.29, 1.82) is 0 Å². The maximum absolute atomic E-state index is 12.2. The summed E-state index contributed by atoms with van der Waals surface area (Å²) in [4.78, 5) is 24.4. The van der Waals surface area contributed by atoms with Crippen LogP contribution in [-0.4, -0.2) is 55.7 Å². The van der Waals surface area contributed by atoms with Crippen molar-refractivity contribution in [2.75, 3.05) is 26.9 Å². The molecule has 0 saturated heterocycles. The fourth-order valence-electron chi connectivity index (χ4n) is 3.67. The van der Waals surface area contributed by atoms with Crippen molar-refractivity contribution in [2.24, 2.45) is 11.8 Å². The van der Waals surface area contributed by atoms with Crippen LogP contribution >= 0.6 is 0 Å². The van der Waals surface area contributed by atoms with Gasteiger partial charge in [-0.3, -0.25) is 0 Å². The molecule has 2 rings (SSSR count). The molecule has 3 atom stereocenters. The van der Waals surface area contributed by atoms with Crippen LogP contribution in [0.15, 0.2) is 60.7 Å². The molecule has 2 aromatic rings. The van der Waals surface area contributed by atoms with Crippen molar-refractivity contribution in [3.05, 3.63) is 71.8 Å². The molecule has 2 aromatic carbocycles. The molecule has 186 valence electrons. The number of aliphatic hydroxyl groups excluding tert-OH is 1. The molecule has 0 aromatic heterocycles. The molecular weight excluding hydrogens is 434 g/mol. The van der Waals surface area contributed by atoms with Gasteiger partial charge in [0.25, 0.3) is 0 Å². The number of carbonyl (C=O) groups excluding carboxylic acids is 2. The summed E-state index contributed by atoms with van der Waals surface area (Å²) in [6.45, 7) is 5.47. The quantitative estimate of drug-likeness (QED) is 0.458. The number of alkyl carbamates (subject to hydrolysis) is 1. The minimum absolute atomic E-state index is 0.00629. The van der Waals surface area contributed by atoms with Crippen LogP contribution in [0.1, 0.15) is 31.9 Å². The van der Waals surface area contributed by atoms with E-state index in [2.05, 4.69) is 5.32 Å². The maximum Gasteiger partial charge on any atom is 0.408 e. The molecule has 7 heteroatoms. The SMILES string of the molecule is COC(=O)[C@H](COC[C@H](Cc1ccccc1)[C@H](CO)Cc1ccccc1)NC(=O)OC(C)(C)C. The van der Waals surface area contributed by atoms with E-state index in [4.69, 9.17) is 14.2 Å². The Morgan fingerprint density at radius 3 is 1.88 bits per heavy atom. The summed E-state index contributed by atoms with van der Waals surface area (Å²) in [5.74, 6) is -0.668. The summed E-state index contributed by atoms with van der Waals surface area (Å²) in [5, 5.41) is 12.7. The lowest BCUT2D eigenvalue weighted by molar-refractivity contribution is -0.145. The molecular formula is C27H37NO6. The van der Waals surface area contributed by atoms with Gasteiger partial charge in [-0.25, -0.2) is 9.59 Å². The highest BCUT2D eigenvalue weighted by Gasteiger charge is 2.27. The van der Waals surface area contributed by atoms with E-state index in [0.717, 1.165) is 11.1 Å². The summed E-state index contributed by atoms with van der Waals surface area (Å²) < 4.78 is 16.0. The Hall–Kier alpha value is -2.90. The van der Waals surface area contributed by atoms with E-state index in [1.807, 2.05) is 60.7 Å². The Morgan fingerprint density at radius 1 is 0.882 bits per heavy atom. The lowest BCUT2D eigenvalue weighted by Crippen LogP contribution is -2.47. The van der Waals surface area contributed by atoms with Gasteiger partial charge < -0.3 is 24.6 Å². The summed E-state index contributed by atoms with van der Waals surface area (Å²) in [6, 6.07) is 19.0. The second-order valence-electron chi connectivity index (χ2n) is 9.34. The number of hydrogen-bond acceptors (Lipinski definition) is 6. The predicted molar refractivity (Wildman–Crippen MR) is 130 cm³/mol. The number of nitrogens with one attached hydrogen (secondary N) is 1. The zero-order valence-corrected chi connectivity index (χ0v) is 20.5. The minimum atomic E-state index is -1.00. The summed E-state index contributed by atoms with van der Waals surface area (Å²) in [5.41, 5.74) is 1.58. The molecule has 0 fully saturated rings. The first kappa shape index (κ1) is 27.3. The number of amides is 1. The zero-order valence-electron chi connectivity index (χ0n) is 20.5. The Morgan fingerprint density at radius 2 is 1.41 bits per heavy atom. The summed E-state index contributed by atoms with van der Waals surface area (Å²) in [6.07, 6.45) is 0.695. The van der Waals surface area contributed by atoms with Crippen molar-refractivity contribution in [2.45, 2.75) is 45.3 Å². The van der Waals surface area contributed by atoms with Crippen LogP contribution < -0.4 is 5.32 Å². The van der Waals surface area contributed by atoms with Crippen LogP contribution in [0.3, 0.4) is 0 Å². The fourth-order valence-corrected chi connectivity index (χ4v) is 3.67. The monoisotopic (exact) mass is 471 g/mol. The summed E-state index contributed by atoms with van der Waals surface area (Å²) in [7, 11) is 1.26. The van der Waals surface area contributed by atoms with E-state index < -0.39 is 23.7 Å². The average Bonchev–Trinajstić information content (AvgIpc) is 2.81. The molecule has 0 heterocycles. The number of hydrogen-bond donors (Lipinski definition) is 2. The van der Waals surface area contributed by atoms with E-state index in [1.54, 1.807) is 20.8 Å². The van der Waals surface area contributed by atoms with E-state index in [9.17, 15) is 14.7 Å². The highest BCUT2D eigenvalue weighted by molar-refractivity contribution is 5.81. The van der Waals surface area contributed by atoms with Crippen LogP contribution in [0.25, 0.3) is 0 Å². The number of esters is 1. The first-order valence-corrected chi connectivity index (χ1v) is 11.6. The Labute approximate surface area is 202 Å². The third kappa shape index (κ3) is 9.93. The highest BCUT2D eigenvalue weighted by Crippen LogP contribution is 2.23. The van der Waals surface area contributed by atoms with Crippen LogP contribution in [0.4, 0.5) is 4.79 Å². The molecule has 0 aliphatic rings. The van der Waals surface area contributed by atoms with Crippen molar-refractivity contribution in [1.82, 2.24) is 5.32 Å². The Kier molecular flexibility index (Phi) is 11.0. The van der Waals surface area contributed by atoms with Gasteiger partial charge in [0, 0.05) is 6.61 Å². The number of aliphatic hydroxyl groups is 1. The first-order valence-electron chi connectivity index (χ1n) is 11.6. The third-order valence-corrected chi connectivity index (χ3v) is 5.38. The van der Waals surface area contributed by atoms with Crippen molar-refractivity contribution in [3.8, 4) is 0 Å². The number of carbonyl (C=O) groups is 2. The van der Waals surface area contributed by atoms with Gasteiger partial charge in [0.15, 0.2) is 6.04 Å². The lowest BCUT2D eigenvalue weighted by Gasteiger charge is -2.27. The maximum atomic E-state index is 12.2. The largest absolute Gasteiger partial charge is 0.467 e. The van der Waals surface area contributed by atoms with Crippen LogP contribution in [-0.2, 0) is 31.8 Å². The van der Waals surface area contributed by atoms with Crippen LogP contribution in [0.2, 0.25) is 0 Å². The van der Waals surface area contributed by atoms with Gasteiger partial charge >= 0.3 is 12.1 Å². The second kappa shape index (κ2) is 13.7. The number of methoxy groups -OCH3 is 1. The van der Waals surface area contributed by atoms with Gasteiger partial charge in [-0.1, -0.05) is 60.7 Å². The molecule has 1 amide bonds. The third-order valence-electron chi connectivity index (χ3n) is 5.38. The Balaban J connectivity index is 2.07. The van der Waals surface area contributed by atoms with Gasteiger partial charge in [-0.05, 0) is 56.6 Å². The molecule has 34 heavy (non-hydrogen) atoms. The molecule has 0 saturated carbocycles. The topological polar surface area (TPSA) is 94.1 Å². The molecule has 7 nitrogen and oxygen atoms in total. The molecule has 0 aliphatic carbocycles. The molecule has 0 spiro atoms. The predicted octanol–water partition coefficient (Wildman–Crippen LogP) is 3.78. The van der Waals surface area contributed by atoms with E-state index in [-0.39, 0.29) is 25.0 Å². The molecule has 0 bridgehead atoms. The van der Waals surface area contributed by atoms with Gasteiger partial charge in [0.2, 0.25) is 0 Å². The minimum Gasteiger partial charge on any atom is -0.467 e. The lowest BCUT2D eigenvalue weighted by atomic mass is 9.83. The molecule has 0 aliphatic heterocycles. The number of rotatable bonds is 12. The first-order chi connectivity index (χ1) is 16.2. The number of ether oxygens (including phenoxy) is 3. The van der Waals surface area contributed by atoms with Crippen molar-refractivity contribution >= 4 is 12.1 Å². The standard InChI is InChI=1S/C27H37NO6/c1-27(2,3)34-26(31)28-24(25(30)32-4)19-33-18-23(16-21-13-9-6-10-14-21)22(17-29)15-20-11-7-5-8-12-20/h5-14,22-24,29H,15-19H2,1-4H3,(H,28,31)/t22-,23-,24-/m0/s1. The van der Waals surface area contributed by atoms with E-state index in [1.165, 1.54) is 7.11 Å². The summed E-state index contributed by atoms with van der Waals surface area (Å²) >= 11 is 0. The van der Waals surface area contributed by atoms with E-state index in [0.29, 0.717) is 19.4 Å². The molecule has 2 N–H and O–H groups in total. The smallest absolute Gasteiger partial charge is 0.408 e. The van der Waals surface area contributed by atoms with Gasteiger partial charge in [0.05, 0.1) is 20.3 Å². The van der Waals surface area contributed by atoms with Gasteiger partial charge in [-0.15, -0.1) is 0 Å². The van der Waals surface area contributed by atoms with Gasteiger partial charge in [0.1, 0.15) is 5.60 Å². The van der Waals surface area contributed by atoms with Gasteiger partial charge in [-0.2, -0.15) is 0 Å². The van der Waals surface area contributed by atoms with Crippen molar-refractivity contribution in [3.63, 3.8) is 0 Å².